The summed E-state index contributed by atoms with van der Waals surface area (Å²) in [5.74, 6) is 0.760. The van der Waals surface area contributed by atoms with Gasteiger partial charge in [-0.05, 0) is 17.7 Å². The highest BCUT2D eigenvalue weighted by Crippen LogP contribution is 2.20. The zero-order chi connectivity index (χ0) is 15.2. The number of benzene rings is 2. The molecule has 0 aliphatic heterocycles. The molecule has 3 rings (SSSR count). The van der Waals surface area contributed by atoms with E-state index in [9.17, 15) is 4.79 Å². The van der Waals surface area contributed by atoms with Crippen molar-refractivity contribution in [1.29, 1.82) is 0 Å². The van der Waals surface area contributed by atoms with Crippen molar-refractivity contribution in [2.24, 2.45) is 0 Å². The molecule has 0 aliphatic carbocycles. The number of nitrogens with one attached hydrogen (secondary N) is 1. The summed E-state index contributed by atoms with van der Waals surface area (Å²) in [5.41, 5.74) is 1.76. The Labute approximate surface area is 127 Å². The third kappa shape index (κ3) is 3.52. The van der Waals surface area contributed by atoms with Crippen LogP contribution in [0.25, 0.3) is 11.5 Å². The van der Waals surface area contributed by atoms with Gasteiger partial charge in [-0.25, -0.2) is 4.79 Å². The molecule has 5 nitrogen and oxygen atoms in total. The van der Waals surface area contributed by atoms with Crippen molar-refractivity contribution in [3.63, 3.8) is 0 Å². The number of anilines is 1. The van der Waals surface area contributed by atoms with Crippen LogP contribution in [0, 0.1) is 0 Å². The normalized spacial score (nSPS) is 10.2. The predicted molar refractivity (Wildman–Crippen MR) is 82.2 cm³/mol. The predicted octanol–water partition coefficient (Wildman–Crippen LogP) is 4.09. The van der Waals surface area contributed by atoms with E-state index in [1.54, 1.807) is 0 Å². The van der Waals surface area contributed by atoms with Gasteiger partial charge in [-0.15, -0.1) is 0 Å². The summed E-state index contributed by atoms with van der Waals surface area (Å²) in [4.78, 5) is 15.9. The van der Waals surface area contributed by atoms with Gasteiger partial charge in [0.1, 0.15) is 12.9 Å². The molecule has 1 heterocycles. The minimum Gasteiger partial charge on any atom is -0.444 e. The molecule has 0 bridgehead atoms. The van der Waals surface area contributed by atoms with Gasteiger partial charge in [-0.2, -0.15) is 4.98 Å². The summed E-state index contributed by atoms with van der Waals surface area (Å²) in [6.45, 7) is 0.204. The summed E-state index contributed by atoms with van der Waals surface area (Å²) in [5, 5.41) is 2.54. The number of carbonyl (C=O) groups is 1. The van der Waals surface area contributed by atoms with Gasteiger partial charge in [0.15, 0.2) is 5.82 Å². The van der Waals surface area contributed by atoms with Crippen LogP contribution in [0.1, 0.15) is 5.56 Å². The van der Waals surface area contributed by atoms with E-state index in [2.05, 4.69) is 10.3 Å². The van der Waals surface area contributed by atoms with Crippen molar-refractivity contribution in [2.75, 3.05) is 5.32 Å². The van der Waals surface area contributed by atoms with Gasteiger partial charge in [-0.3, -0.25) is 5.32 Å². The van der Waals surface area contributed by atoms with E-state index in [-0.39, 0.29) is 6.61 Å². The highest BCUT2D eigenvalue weighted by molar-refractivity contribution is 5.83. The average molecular weight is 294 g/mol. The summed E-state index contributed by atoms with van der Waals surface area (Å²) in [7, 11) is 0. The Hall–Kier alpha value is -3.08. The number of carbonyl (C=O) groups excluding carboxylic acids is 1. The molecule has 5 heteroatoms. The van der Waals surface area contributed by atoms with Crippen molar-refractivity contribution in [2.45, 2.75) is 6.61 Å². The van der Waals surface area contributed by atoms with E-state index < -0.39 is 6.09 Å². The fourth-order valence-corrected chi connectivity index (χ4v) is 1.91. The van der Waals surface area contributed by atoms with Crippen molar-refractivity contribution >= 4 is 11.9 Å². The van der Waals surface area contributed by atoms with Crippen molar-refractivity contribution < 1.29 is 13.9 Å². The van der Waals surface area contributed by atoms with E-state index in [0.29, 0.717) is 11.7 Å². The first-order valence-corrected chi connectivity index (χ1v) is 6.80. The number of hydrogen-bond donors (Lipinski definition) is 1. The molecular weight excluding hydrogens is 280 g/mol. The molecule has 0 radical (unpaired) electrons. The fraction of sp³-hybridized carbons (Fsp3) is 0.0588. The maximum Gasteiger partial charge on any atom is 0.413 e. The monoisotopic (exact) mass is 294 g/mol. The van der Waals surface area contributed by atoms with E-state index >= 15 is 0 Å². The van der Waals surface area contributed by atoms with Crippen LogP contribution in [0.2, 0.25) is 0 Å². The summed E-state index contributed by atoms with van der Waals surface area (Å²) in [6, 6.07) is 18.9. The Morgan fingerprint density at radius 1 is 1.05 bits per heavy atom. The topological polar surface area (TPSA) is 64.4 Å². The van der Waals surface area contributed by atoms with Crippen LogP contribution in [0.5, 0.6) is 0 Å². The molecule has 110 valence electrons. The SMILES string of the molecule is O=C(Nc1coc(-c2ccccc2)n1)OCc1ccccc1. The van der Waals surface area contributed by atoms with Gasteiger partial charge in [0.2, 0.25) is 5.89 Å². The molecule has 0 unspecified atom stereocenters. The lowest BCUT2D eigenvalue weighted by molar-refractivity contribution is 0.155. The first kappa shape index (κ1) is 13.9. The van der Waals surface area contributed by atoms with Crippen LogP contribution < -0.4 is 5.32 Å². The zero-order valence-corrected chi connectivity index (χ0v) is 11.7. The van der Waals surface area contributed by atoms with Gasteiger partial charge >= 0.3 is 6.09 Å². The first-order valence-electron chi connectivity index (χ1n) is 6.80. The molecular formula is C17H14N2O3. The summed E-state index contributed by atoms with van der Waals surface area (Å²) in [6.07, 6.45) is 0.809. The third-order valence-corrected chi connectivity index (χ3v) is 2.97. The largest absolute Gasteiger partial charge is 0.444 e. The lowest BCUT2D eigenvalue weighted by atomic mass is 10.2. The molecule has 0 atom stereocenters. The lowest BCUT2D eigenvalue weighted by Gasteiger charge is -2.04. The van der Waals surface area contributed by atoms with Crippen molar-refractivity contribution in [3.05, 3.63) is 72.5 Å². The molecule has 0 fully saturated rings. The number of aromatic nitrogens is 1. The molecule has 1 amide bonds. The molecule has 0 aliphatic rings. The van der Waals surface area contributed by atoms with Gasteiger partial charge in [0.25, 0.3) is 0 Å². The highest BCUT2D eigenvalue weighted by atomic mass is 16.5. The second-order valence-corrected chi connectivity index (χ2v) is 4.59. The Kier molecular flexibility index (Phi) is 4.15. The quantitative estimate of drug-likeness (QED) is 0.787. The van der Waals surface area contributed by atoms with E-state index in [1.807, 2.05) is 60.7 Å². The van der Waals surface area contributed by atoms with Crippen molar-refractivity contribution in [1.82, 2.24) is 4.98 Å². The standard InChI is InChI=1S/C17H14N2O3/c20-17(22-11-13-7-3-1-4-8-13)19-15-12-21-16(18-15)14-9-5-2-6-10-14/h1-10,12H,11H2,(H,19,20). The van der Waals surface area contributed by atoms with E-state index in [1.165, 1.54) is 6.26 Å². The molecule has 3 aromatic rings. The minimum atomic E-state index is -0.572. The van der Waals surface area contributed by atoms with Crippen LogP contribution in [0.4, 0.5) is 10.6 Å². The third-order valence-electron chi connectivity index (χ3n) is 2.97. The minimum absolute atomic E-state index is 0.204. The van der Waals surface area contributed by atoms with Crippen LogP contribution in [-0.2, 0) is 11.3 Å². The molecule has 1 aromatic heterocycles. The number of nitrogens with zero attached hydrogens (tertiary/aromatic N) is 1. The first-order chi connectivity index (χ1) is 10.8. The van der Waals surface area contributed by atoms with Crippen LogP contribution >= 0.6 is 0 Å². The van der Waals surface area contributed by atoms with E-state index in [0.717, 1.165) is 11.1 Å². The molecule has 0 saturated heterocycles. The smallest absolute Gasteiger partial charge is 0.413 e. The molecule has 22 heavy (non-hydrogen) atoms. The fourth-order valence-electron chi connectivity index (χ4n) is 1.91. The van der Waals surface area contributed by atoms with E-state index in [4.69, 9.17) is 9.15 Å². The number of ether oxygens (including phenoxy) is 1. The Bertz CT molecular complexity index is 739. The Morgan fingerprint density at radius 2 is 1.73 bits per heavy atom. The molecule has 2 aromatic carbocycles. The van der Waals surface area contributed by atoms with Gasteiger partial charge in [0.05, 0.1) is 0 Å². The highest BCUT2D eigenvalue weighted by Gasteiger charge is 2.09. The maximum absolute atomic E-state index is 11.7. The molecule has 0 spiro atoms. The molecule has 1 N–H and O–H groups in total. The van der Waals surface area contributed by atoms with Crippen LogP contribution in [0.15, 0.2) is 71.3 Å². The lowest BCUT2D eigenvalue weighted by Crippen LogP contribution is -2.13. The second kappa shape index (κ2) is 6.58. The number of hydrogen-bond acceptors (Lipinski definition) is 4. The van der Waals surface area contributed by atoms with Crippen LogP contribution in [-0.4, -0.2) is 11.1 Å². The van der Waals surface area contributed by atoms with Gasteiger partial charge in [0, 0.05) is 5.56 Å². The Morgan fingerprint density at radius 3 is 2.45 bits per heavy atom. The summed E-state index contributed by atoms with van der Waals surface area (Å²) < 4.78 is 10.4. The number of oxazole rings is 1. The van der Waals surface area contributed by atoms with Crippen LogP contribution in [0.3, 0.4) is 0 Å². The Balaban J connectivity index is 1.57. The zero-order valence-electron chi connectivity index (χ0n) is 11.7. The maximum atomic E-state index is 11.7. The average Bonchev–Trinajstić information content (AvgIpc) is 3.03. The van der Waals surface area contributed by atoms with Crippen molar-refractivity contribution in [3.8, 4) is 11.5 Å². The molecule has 0 saturated carbocycles. The second-order valence-electron chi connectivity index (χ2n) is 4.59. The van der Waals surface area contributed by atoms with Gasteiger partial charge in [-0.1, -0.05) is 48.5 Å². The number of rotatable bonds is 4. The summed E-state index contributed by atoms with van der Waals surface area (Å²) >= 11 is 0. The van der Waals surface area contributed by atoms with Gasteiger partial charge < -0.3 is 9.15 Å². The number of amides is 1.